The van der Waals surface area contributed by atoms with Gasteiger partial charge in [-0.15, -0.1) is 0 Å². The summed E-state index contributed by atoms with van der Waals surface area (Å²) >= 11 is 0. The summed E-state index contributed by atoms with van der Waals surface area (Å²) in [5, 5.41) is 2.92. The van der Waals surface area contributed by atoms with Gasteiger partial charge >= 0.3 is 0 Å². The zero-order chi connectivity index (χ0) is 22.1. The van der Waals surface area contributed by atoms with Crippen molar-refractivity contribution < 1.29 is 23.1 Å². The highest BCUT2D eigenvalue weighted by atomic mass is 19.1. The number of carbonyl (C=O) groups is 2. The van der Waals surface area contributed by atoms with Crippen LogP contribution in [0.25, 0.3) is 0 Å². The summed E-state index contributed by atoms with van der Waals surface area (Å²) in [5.74, 6) is -1.07. The molecular formula is C23H28F2N2O3. The molecule has 2 aromatic carbocycles. The van der Waals surface area contributed by atoms with Crippen molar-refractivity contribution in [1.29, 1.82) is 0 Å². The van der Waals surface area contributed by atoms with Crippen molar-refractivity contribution in [3.8, 4) is 5.75 Å². The Kier molecular flexibility index (Phi) is 8.77. The molecule has 5 nitrogen and oxygen atoms in total. The first-order valence-electron chi connectivity index (χ1n) is 10.1. The van der Waals surface area contributed by atoms with Gasteiger partial charge in [0.15, 0.2) is 6.61 Å². The van der Waals surface area contributed by atoms with E-state index in [1.165, 1.54) is 41.3 Å². The largest absolute Gasteiger partial charge is 0.484 e. The lowest BCUT2D eigenvalue weighted by Gasteiger charge is -2.31. The van der Waals surface area contributed by atoms with Crippen molar-refractivity contribution in [3.05, 3.63) is 65.7 Å². The third-order valence-corrected chi connectivity index (χ3v) is 4.83. The first-order valence-corrected chi connectivity index (χ1v) is 10.1. The Morgan fingerprint density at radius 2 is 1.53 bits per heavy atom. The van der Waals surface area contributed by atoms with Crippen LogP contribution >= 0.6 is 0 Å². The summed E-state index contributed by atoms with van der Waals surface area (Å²) in [6.45, 7) is 5.52. The van der Waals surface area contributed by atoms with Crippen LogP contribution in [0, 0.1) is 11.6 Å². The second kappa shape index (κ2) is 11.3. The molecule has 0 heterocycles. The van der Waals surface area contributed by atoms with Crippen molar-refractivity contribution in [1.82, 2.24) is 10.2 Å². The number of halogens is 2. The molecule has 162 valence electrons. The Morgan fingerprint density at radius 1 is 0.967 bits per heavy atom. The standard InChI is InChI=1S/C23H28F2N2O3/c1-4-16(3)26-23(29)21(5-2)27(14-17-6-8-18(24)9-7-17)22(28)15-30-20-12-10-19(25)11-13-20/h6-13,16,21H,4-5,14-15H2,1-3H3,(H,26,29)/t16-,21-/m1/s1. The molecule has 0 aliphatic carbocycles. The maximum absolute atomic E-state index is 13.3. The van der Waals surface area contributed by atoms with Gasteiger partial charge < -0.3 is 15.0 Å². The number of carbonyl (C=O) groups excluding carboxylic acids is 2. The van der Waals surface area contributed by atoms with Gasteiger partial charge in [0.2, 0.25) is 5.91 Å². The quantitative estimate of drug-likeness (QED) is 0.633. The number of rotatable bonds is 10. The van der Waals surface area contributed by atoms with E-state index >= 15 is 0 Å². The predicted octanol–water partition coefficient (Wildman–Crippen LogP) is 4.07. The highest BCUT2D eigenvalue weighted by Crippen LogP contribution is 2.16. The lowest BCUT2D eigenvalue weighted by atomic mass is 10.1. The molecular weight excluding hydrogens is 390 g/mol. The fourth-order valence-electron chi connectivity index (χ4n) is 2.91. The molecule has 0 bridgehead atoms. The van der Waals surface area contributed by atoms with Crippen molar-refractivity contribution >= 4 is 11.8 Å². The highest BCUT2D eigenvalue weighted by molar-refractivity contribution is 5.88. The molecule has 0 aliphatic heterocycles. The van der Waals surface area contributed by atoms with E-state index in [0.29, 0.717) is 17.7 Å². The van der Waals surface area contributed by atoms with Crippen LogP contribution in [0.4, 0.5) is 8.78 Å². The lowest BCUT2D eigenvalue weighted by molar-refractivity contribution is -0.143. The van der Waals surface area contributed by atoms with Gasteiger partial charge in [-0.1, -0.05) is 26.0 Å². The zero-order valence-electron chi connectivity index (χ0n) is 17.5. The highest BCUT2D eigenvalue weighted by Gasteiger charge is 2.29. The molecule has 1 N–H and O–H groups in total. The maximum atomic E-state index is 13.3. The van der Waals surface area contributed by atoms with Crippen LogP contribution in [0.3, 0.4) is 0 Å². The van der Waals surface area contributed by atoms with E-state index in [9.17, 15) is 18.4 Å². The number of ether oxygens (including phenoxy) is 1. The smallest absolute Gasteiger partial charge is 0.261 e. The summed E-state index contributed by atoms with van der Waals surface area (Å²) < 4.78 is 31.8. The summed E-state index contributed by atoms with van der Waals surface area (Å²) in [6.07, 6.45) is 1.17. The monoisotopic (exact) mass is 418 g/mol. The summed E-state index contributed by atoms with van der Waals surface area (Å²) in [4.78, 5) is 27.2. The molecule has 7 heteroatoms. The summed E-state index contributed by atoms with van der Waals surface area (Å²) in [6, 6.07) is 10.4. The number of nitrogens with zero attached hydrogens (tertiary/aromatic N) is 1. The van der Waals surface area contributed by atoms with Gasteiger partial charge in [-0.3, -0.25) is 9.59 Å². The second-order valence-electron chi connectivity index (χ2n) is 7.13. The van der Waals surface area contributed by atoms with Crippen LogP contribution in [0.15, 0.2) is 48.5 Å². The van der Waals surface area contributed by atoms with Gasteiger partial charge in [0.25, 0.3) is 5.91 Å². The number of hydrogen-bond donors (Lipinski definition) is 1. The van der Waals surface area contributed by atoms with Gasteiger partial charge in [0.05, 0.1) is 0 Å². The minimum Gasteiger partial charge on any atom is -0.484 e. The minimum atomic E-state index is -0.701. The topological polar surface area (TPSA) is 58.6 Å². The normalized spacial score (nSPS) is 12.7. The van der Waals surface area contributed by atoms with Crippen molar-refractivity contribution in [3.63, 3.8) is 0 Å². The zero-order valence-corrected chi connectivity index (χ0v) is 17.5. The molecule has 0 aromatic heterocycles. The Labute approximate surface area is 176 Å². The third-order valence-electron chi connectivity index (χ3n) is 4.83. The van der Waals surface area contributed by atoms with Crippen LogP contribution in [-0.4, -0.2) is 35.4 Å². The summed E-state index contributed by atoms with van der Waals surface area (Å²) in [7, 11) is 0. The van der Waals surface area contributed by atoms with Crippen molar-refractivity contribution in [2.45, 2.75) is 52.2 Å². The fourth-order valence-corrected chi connectivity index (χ4v) is 2.91. The van der Waals surface area contributed by atoms with E-state index < -0.39 is 17.8 Å². The molecule has 2 aromatic rings. The van der Waals surface area contributed by atoms with E-state index in [-0.39, 0.29) is 30.9 Å². The van der Waals surface area contributed by atoms with Crippen LogP contribution in [0.1, 0.15) is 39.2 Å². The van der Waals surface area contributed by atoms with Gasteiger partial charge in [-0.25, -0.2) is 8.78 Å². The predicted molar refractivity (Wildman–Crippen MR) is 111 cm³/mol. The lowest BCUT2D eigenvalue weighted by Crippen LogP contribution is -2.51. The molecule has 0 unspecified atom stereocenters. The fraction of sp³-hybridized carbons (Fsp3) is 0.391. The Morgan fingerprint density at radius 3 is 2.07 bits per heavy atom. The van der Waals surface area contributed by atoms with E-state index in [0.717, 1.165) is 6.42 Å². The summed E-state index contributed by atoms with van der Waals surface area (Å²) in [5.41, 5.74) is 0.696. The third kappa shape index (κ3) is 6.83. The number of amides is 2. The second-order valence-corrected chi connectivity index (χ2v) is 7.13. The number of benzene rings is 2. The Hall–Kier alpha value is -2.96. The van der Waals surface area contributed by atoms with Crippen LogP contribution < -0.4 is 10.1 Å². The molecule has 0 fully saturated rings. The van der Waals surface area contributed by atoms with E-state index in [1.807, 2.05) is 20.8 Å². The molecule has 0 saturated heterocycles. The molecule has 30 heavy (non-hydrogen) atoms. The molecule has 2 atom stereocenters. The van der Waals surface area contributed by atoms with Crippen molar-refractivity contribution in [2.24, 2.45) is 0 Å². The number of hydrogen-bond acceptors (Lipinski definition) is 3. The molecule has 0 radical (unpaired) electrons. The van der Waals surface area contributed by atoms with E-state index in [4.69, 9.17) is 4.74 Å². The van der Waals surface area contributed by atoms with Gasteiger partial charge in [0, 0.05) is 12.6 Å². The van der Waals surface area contributed by atoms with Gasteiger partial charge in [0.1, 0.15) is 23.4 Å². The van der Waals surface area contributed by atoms with Crippen LogP contribution in [0.2, 0.25) is 0 Å². The van der Waals surface area contributed by atoms with Crippen LogP contribution in [-0.2, 0) is 16.1 Å². The molecule has 0 spiro atoms. The molecule has 0 saturated carbocycles. The van der Waals surface area contributed by atoms with Gasteiger partial charge in [-0.2, -0.15) is 0 Å². The SMILES string of the molecule is CC[C@@H](C)NC(=O)[C@@H](CC)N(Cc1ccc(F)cc1)C(=O)COc1ccc(F)cc1. The first-order chi connectivity index (χ1) is 14.3. The molecule has 0 aliphatic rings. The van der Waals surface area contributed by atoms with E-state index in [1.54, 1.807) is 12.1 Å². The maximum Gasteiger partial charge on any atom is 0.261 e. The molecule has 2 amide bonds. The molecule has 2 rings (SSSR count). The Balaban J connectivity index is 2.19. The first kappa shape index (κ1) is 23.3. The van der Waals surface area contributed by atoms with Crippen molar-refractivity contribution in [2.75, 3.05) is 6.61 Å². The van der Waals surface area contributed by atoms with Gasteiger partial charge in [-0.05, 0) is 61.7 Å². The number of nitrogens with one attached hydrogen (secondary N) is 1. The van der Waals surface area contributed by atoms with E-state index in [2.05, 4.69) is 5.32 Å². The van der Waals surface area contributed by atoms with Crippen LogP contribution in [0.5, 0.6) is 5.75 Å². The minimum absolute atomic E-state index is 0.0233. The average Bonchev–Trinajstić information content (AvgIpc) is 2.74. The average molecular weight is 418 g/mol. The Bertz CT molecular complexity index is 825.